The van der Waals surface area contributed by atoms with Gasteiger partial charge in [-0.05, 0) is 30.4 Å². The van der Waals surface area contributed by atoms with Crippen molar-refractivity contribution in [1.82, 2.24) is 15.0 Å². The Balaban J connectivity index is 1.49. The second-order valence-electron chi connectivity index (χ2n) is 7.00. The van der Waals surface area contributed by atoms with E-state index in [0.29, 0.717) is 23.3 Å². The minimum atomic E-state index is 0.145. The fourth-order valence-electron chi connectivity index (χ4n) is 3.14. The van der Waals surface area contributed by atoms with E-state index < -0.39 is 0 Å². The van der Waals surface area contributed by atoms with Gasteiger partial charge in [0.05, 0.1) is 6.42 Å². The van der Waals surface area contributed by atoms with Gasteiger partial charge in [-0.25, -0.2) is 0 Å². The van der Waals surface area contributed by atoms with Crippen LogP contribution in [0.1, 0.15) is 49.9 Å². The van der Waals surface area contributed by atoms with Gasteiger partial charge in [-0.15, -0.1) is 0 Å². The third-order valence-electron chi connectivity index (χ3n) is 4.73. The topological polar surface area (TPSA) is 59.2 Å². The number of rotatable bonds is 5. The number of likely N-dealkylation sites (tertiary alicyclic amines) is 1. The summed E-state index contributed by atoms with van der Waals surface area (Å²) in [6.45, 7) is 5.66. The number of aromatic nitrogens is 2. The normalized spacial score (nSPS) is 15.8. The molecule has 3 rings (SSSR count). The predicted molar refractivity (Wildman–Crippen MR) is 96.6 cm³/mol. The van der Waals surface area contributed by atoms with E-state index in [2.05, 4.69) is 24.0 Å². The largest absolute Gasteiger partial charge is 0.342 e. The van der Waals surface area contributed by atoms with E-state index in [1.54, 1.807) is 0 Å². The van der Waals surface area contributed by atoms with E-state index in [0.717, 1.165) is 43.7 Å². The highest BCUT2D eigenvalue weighted by Gasteiger charge is 2.25. The van der Waals surface area contributed by atoms with Crippen molar-refractivity contribution in [2.24, 2.45) is 5.92 Å². The first kappa shape index (κ1) is 17.9. The molecule has 2 heterocycles. The highest BCUT2D eigenvalue weighted by atomic mass is 35.5. The van der Waals surface area contributed by atoms with Gasteiger partial charge in [-0.1, -0.05) is 48.8 Å². The van der Waals surface area contributed by atoms with Crippen LogP contribution < -0.4 is 0 Å². The first-order valence-corrected chi connectivity index (χ1v) is 9.24. The number of benzene rings is 1. The Labute approximate surface area is 153 Å². The van der Waals surface area contributed by atoms with Crippen LogP contribution in [0, 0.1) is 5.92 Å². The third kappa shape index (κ3) is 4.60. The molecule has 1 aliphatic rings. The molecule has 1 saturated heterocycles. The second-order valence-corrected chi connectivity index (χ2v) is 7.40. The molecule has 0 saturated carbocycles. The first-order valence-electron chi connectivity index (χ1n) is 8.86. The number of nitrogens with zero attached hydrogens (tertiary/aromatic N) is 3. The molecule has 0 unspecified atom stereocenters. The van der Waals surface area contributed by atoms with Crippen molar-refractivity contribution in [3.8, 4) is 0 Å². The maximum absolute atomic E-state index is 12.5. The highest BCUT2D eigenvalue weighted by Crippen LogP contribution is 2.23. The summed E-state index contributed by atoms with van der Waals surface area (Å²) in [6, 6.07) is 7.53. The molecule has 1 aliphatic heterocycles. The Morgan fingerprint density at radius 3 is 2.68 bits per heavy atom. The number of piperidine rings is 1. The van der Waals surface area contributed by atoms with Crippen molar-refractivity contribution in [1.29, 1.82) is 0 Å². The summed E-state index contributed by atoms with van der Waals surface area (Å²) in [5.41, 5.74) is 0.892. The average Bonchev–Trinajstić information content (AvgIpc) is 3.06. The Kier molecular flexibility index (Phi) is 5.74. The van der Waals surface area contributed by atoms with Gasteiger partial charge in [0.15, 0.2) is 5.82 Å². The number of halogens is 1. The quantitative estimate of drug-likeness (QED) is 0.811. The maximum Gasteiger partial charge on any atom is 0.227 e. The lowest BCUT2D eigenvalue weighted by atomic mass is 9.93. The number of amides is 1. The van der Waals surface area contributed by atoms with E-state index in [4.69, 9.17) is 16.1 Å². The zero-order valence-electron chi connectivity index (χ0n) is 14.7. The van der Waals surface area contributed by atoms with Crippen LogP contribution in [0.2, 0.25) is 5.02 Å². The molecule has 0 aliphatic carbocycles. The lowest BCUT2D eigenvalue weighted by molar-refractivity contribution is -0.131. The second kappa shape index (κ2) is 8.00. The molecule has 6 heteroatoms. The average molecular weight is 362 g/mol. The monoisotopic (exact) mass is 361 g/mol. The Bertz CT molecular complexity index is 721. The van der Waals surface area contributed by atoms with E-state index in [1.807, 2.05) is 29.2 Å². The van der Waals surface area contributed by atoms with E-state index in [1.165, 1.54) is 0 Å². The van der Waals surface area contributed by atoms with Crippen LogP contribution >= 0.6 is 11.6 Å². The van der Waals surface area contributed by atoms with Gasteiger partial charge >= 0.3 is 0 Å². The smallest absolute Gasteiger partial charge is 0.227 e. The zero-order chi connectivity index (χ0) is 17.8. The molecule has 134 valence electrons. The molecule has 2 aromatic rings. The van der Waals surface area contributed by atoms with Crippen LogP contribution in [0.5, 0.6) is 0 Å². The molecular weight excluding hydrogens is 338 g/mol. The van der Waals surface area contributed by atoms with Crippen molar-refractivity contribution in [3.63, 3.8) is 0 Å². The lowest BCUT2D eigenvalue weighted by Crippen LogP contribution is -2.39. The predicted octanol–water partition coefficient (Wildman–Crippen LogP) is 3.87. The molecule has 1 aromatic heterocycles. The highest BCUT2D eigenvalue weighted by molar-refractivity contribution is 6.31. The molecular formula is C19H24ClN3O2. The maximum atomic E-state index is 12.5. The van der Waals surface area contributed by atoms with Gasteiger partial charge in [-0.3, -0.25) is 4.79 Å². The van der Waals surface area contributed by atoms with Gasteiger partial charge in [0.25, 0.3) is 0 Å². The summed E-state index contributed by atoms with van der Waals surface area (Å²) in [5.74, 6) is 2.39. The fourth-order valence-corrected chi connectivity index (χ4v) is 3.34. The van der Waals surface area contributed by atoms with Crippen LogP contribution in [0.15, 0.2) is 28.8 Å². The van der Waals surface area contributed by atoms with Crippen molar-refractivity contribution in [3.05, 3.63) is 46.6 Å². The number of carbonyl (C=O) groups excluding carboxylic acids is 1. The summed E-state index contributed by atoms with van der Waals surface area (Å²) >= 11 is 6.15. The van der Waals surface area contributed by atoms with E-state index in [-0.39, 0.29) is 11.8 Å². The Hall–Kier alpha value is -1.88. The summed E-state index contributed by atoms with van der Waals surface area (Å²) < 4.78 is 5.34. The van der Waals surface area contributed by atoms with Crippen molar-refractivity contribution < 1.29 is 9.32 Å². The molecule has 0 spiro atoms. The summed E-state index contributed by atoms with van der Waals surface area (Å²) in [4.78, 5) is 18.9. The minimum absolute atomic E-state index is 0.145. The van der Waals surface area contributed by atoms with E-state index in [9.17, 15) is 4.79 Å². The van der Waals surface area contributed by atoms with Gasteiger partial charge in [0.2, 0.25) is 11.8 Å². The molecule has 0 N–H and O–H groups in total. The Morgan fingerprint density at radius 2 is 2.04 bits per heavy atom. The molecule has 0 bridgehead atoms. The molecule has 1 aromatic carbocycles. The number of hydrogen-bond donors (Lipinski definition) is 0. The minimum Gasteiger partial charge on any atom is -0.342 e. The zero-order valence-corrected chi connectivity index (χ0v) is 15.5. The van der Waals surface area contributed by atoms with Crippen LogP contribution in [-0.4, -0.2) is 34.0 Å². The van der Waals surface area contributed by atoms with Gasteiger partial charge in [0.1, 0.15) is 0 Å². The fraction of sp³-hybridized carbons (Fsp3) is 0.526. The lowest BCUT2D eigenvalue weighted by Gasteiger charge is -2.31. The summed E-state index contributed by atoms with van der Waals surface area (Å²) in [7, 11) is 0. The van der Waals surface area contributed by atoms with Crippen LogP contribution in [0.3, 0.4) is 0 Å². The van der Waals surface area contributed by atoms with Crippen LogP contribution in [0.4, 0.5) is 0 Å². The van der Waals surface area contributed by atoms with Crippen LogP contribution in [0.25, 0.3) is 0 Å². The molecule has 0 atom stereocenters. The number of hydrogen-bond acceptors (Lipinski definition) is 4. The van der Waals surface area contributed by atoms with Crippen LogP contribution in [-0.2, 0) is 17.6 Å². The van der Waals surface area contributed by atoms with Gasteiger partial charge < -0.3 is 9.42 Å². The standard InChI is InChI=1S/C19H24ClN3O2/c1-13(2)19-21-17(25-22-19)11-14-7-9-23(10-8-14)18(24)12-15-5-3-4-6-16(15)20/h3-6,13-14H,7-12H2,1-2H3. The molecule has 5 nitrogen and oxygen atoms in total. The SMILES string of the molecule is CC(C)c1noc(CC2CCN(C(=O)Cc3ccccc3Cl)CC2)n1. The first-order chi connectivity index (χ1) is 12.0. The summed E-state index contributed by atoms with van der Waals surface area (Å²) in [6.07, 6.45) is 3.10. The van der Waals surface area contributed by atoms with Crippen molar-refractivity contribution >= 4 is 17.5 Å². The van der Waals surface area contributed by atoms with Crippen molar-refractivity contribution in [2.45, 2.75) is 45.4 Å². The Morgan fingerprint density at radius 1 is 1.32 bits per heavy atom. The van der Waals surface area contributed by atoms with Gasteiger partial charge in [-0.2, -0.15) is 4.98 Å². The molecule has 0 radical (unpaired) electrons. The molecule has 25 heavy (non-hydrogen) atoms. The molecule has 1 amide bonds. The van der Waals surface area contributed by atoms with E-state index >= 15 is 0 Å². The third-order valence-corrected chi connectivity index (χ3v) is 5.10. The van der Waals surface area contributed by atoms with Crippen molar-refractivity contribution in [2.75, 3.05) is 13.1 Å². The van der Waals surface area contributed by atoms with Gasteiger partial charge in [0, 0.05) is 30.5 Å². The molecule has 1 fully saturated rings. The number of carbonyl (C=O) groups is 1. The summed E-state index contributed by atoms with van der Waals surface area (Å²) in [5, 5.41) is 4.67.